The zero-order chi connectivity index (χ0) is 14.8. The standard InChI is InChI=1S/C15H22N4O/c1-10(2)7-15(3,20)8-17-14-12-5-4-11(16)6-13(12)18-9-19-14/h4-6,9-10,20H,7-8,16H2,1-3H3,(H,17,18,19). The van der Waals surface area contributed by atoms with Gasteiger partial charge in [0.15, 0.2) is 0 Å². The second-order valence-electron chi connectivity index (χ2n) is 5.95. The van der Waals surface area contributed by atoms with Gasteiger partial charge in [0.05, 0.1) is 11.1 Å². The second kappa shape index (κ2) is 5.63. The van der Waals surface area contributed by atoms with Gasteiger partial charge < -0.3 is 16.2 Å². The maximum Gasteiger partial charge on any atom is 0.137 e. The number of rotatable bonds is 5. The normalized spacial score (nSPS) is 14.4. The van der Waals surface area contributed by atoms with Gasteiger partial charge in [-0.1, -0.05) is 13.8 Å². The highest BCUT2D eigenvalue weighted by Crippen LogP contribution is 2.23. The molecule has 0 saturated heterocycles. The summed E-state index contributed by atoms with van der Waals surface area (Å²) >= 11 is 0. The van der Waals surface area contributed by atoms with Gasteiger partial charge in [-0.3, -0.25) is 0 Å². The van der Waals surface area contributed by atoms with E-state index in [9.17, 15) is 5.11 Å². The van der Waals surface area contributed by atoms with E-state index >= 15 is 0 Å². The molecule has 2 aromatic rings. The van der Waals surface area contributed by atoms with Crippen molar-refractivity contribution in [2.24, 2.45) is 5.92 Å². The quantitative estimate of drug-likeness (QED) is 0.729. The van der Waals surface area contributed by atoms with Crippen LogP contribution in [0.15, 0.2) is 24.5 Å². The molecule has 5 nitrogen and oxygen atoms in total. The minimum atomic E-state index is -0.765. The number of aliphatic hydroxyl groups is 1. The van der Waals surface area contributed by atoms with E-state index in [1.807, 2.05) is 25.1 Å². The first-order chi connectivity index (χ1) is 9.37. The largest absolute Gasteiger partial charge is 0.399 e. The molecule has 0 saturated carbocycles. The first-order valence-electron chi connectivity index (χ1n) is 6.84. The van der Waals surface area contributed by atoms with E-state index in [4.69, 9.17) is 5.73 Å². The van der Waals surface area contributed by atoms with Gasteiger partial charge in [-0.15, -0.1) is 0 Å². The summed E-state index contributed by atoms with van der Waals surface area (Å²) in [4.78, 5) is 8.45. The monoisotopic (exact) mass is 274 g/mol. The fourth-order valence-electron chi connectivity index (χ4n) is 2.44. The Morgan fingerprint density at radius 2 is 2.10 bits per heavy atom. The van der Waals surface area contributed by atoms with E-state index in [0.29, 0.717) is 18.2 Å². The average Bonchev–Trinajstić information content (AvgIpc) is 2.34. The number of aromatic nitrogens is 2. The SMILES string of the molecule is CC(C)CC(C)(O)CNc1ncnc2cc(N)ccc12. The lowest BCUT2D eigenvalue weighted by atomic mass is 9.94. The molecule has 4 N–H and O–H groups in total. The van der Waals surface area contributed by atoms with Crippen LogP contribution in [-0.4, -0.2) is 27.2 Å². The smallest absolute Gasteiger partial charge is 0.137 e. The van der Waals surface area contributed by atoms with Gasteiger partial charge in [-0.2, -0.15) is 0 Å². The molecule has 0 bridgehead atoms. The van der Waals surface area contributed by atoms with Crippen LogP contribution >= 0.6 is 0 Å². The van der Waals surface area contributed by atoms with Gasteiger partial charge in [0.25, 0.3) is 0 Å². The number of nitrogens with one attached hydrogen (secondary N) is 1. The molecule has 0 aliphatic heterocycles. The first kappa shape index (κ1) is 14.5. The van der Waals surface area contributed by atoms with Crippen LogP contribution in [-0.2, 0) is 0 Å². The lowest BCUT2D eigenvalue weighted by molar-refractivity contribution is 0.0515. The summed E-state index contributed by atoms with van der Waals surface area (Å²) in [7, 11) is 0. The van der Waals surface area contributed by atoms with E-state index in [1.54, 1.807) is 0 Å². The third-order valence-electron chi connectivity index (χ3n) is 3.15. The Morgan fingerprint density at radius 3 is 2.80 bits per heavy atom. The number of fused-ring (bicyclic) bond motifs is 1. The summed E-state index contributed by atoms with van der Waals surface area (Å²) in [6.45, 7) is 6.47. The highest BCUT2D eigenvalue weighted by Gasteiger charge is 2.22. The molecule has 0 fully saturated rings. The topological polar surface area (TPSA) is 84.1 Å². The van der Waals surface area contributed by atoms with Crippen molar-refractivity contribution in [1.82, 2.24) is 9.97 Å². The molecule has 0 radical (unpaired) electrons. The van der Waals surface area contributed by atoms with Crippen LogP contribution < -0.4 is 11.1 Å². The van der Waals surface area contributed by atoms with Crippen molar-refractivity contribution in [3.8, 4) is 0 Å². The lowest BCUT2D eigenvalue weighted by Gasteiger charge is -2.26. The van der Waals surface area contributed by atoms with Crippen LogP contribution in [0.2, 0.25) is 0 Å². The van der Waals surface area contributed by atoms with Gasteiger partial charge in [-0.25, -0.2) is 9.97 Å². The Kier molecular flexibility index (Phi) is 4.09. The van der Waals surface area contributed by atoms with Gasteiger partial charge in [0.2, 0.25) is 0 Å². The Balaban J connectivity index is 2.18. The van der Waals surface area contributed by atoms with E-state index in [2.05, 4.69) is 29.1 Å². The van der Waals surface area contributed by atoms with Crippen LogP contribution in [0.3, 0.4) is 0 Å². The van der Waals surface area contributed by atoms with E-state index < -0.39 is 5.60 Å². The van der Waals surface area contributed by atoms with Gasteiger partial charge in [0, 0.05) is 17.6 Å². The third kappa shape index (κ3) is 3.57. The van der Waals surface area contributed by atoms with E-state index in [-0.39, 0.29) is 0 Å². The first-order valence-corrected chi connectivity index (χ1v) is 6.84. The molecule has 108 valence electrons. The number of hydrogen-bond donors (Lipinski definition) is 3. The molecule has 5 heteroatoms. The van der Waals surface area contributed by atoms with Gasteiger partial charge in [0.1, 0.15) is 12.1 Å². The molecule has 2 rings (SSSR count). The van der Waals surface area contributed by atoms with Gasteiger partial charge in [-0.05, 0) is 37.5 Å². The molecule has 1 heterocycles. The summed E-state index contributed by atoms with van der Waals surface area (Å²) in [6.07, 6.45) is 2.23. The summed E-state index contributed by atoms with van der Waals surface area (Å²) in [6, 6.07) is 5.53. The predicted octanol–water partition coefficient (Wildman–Crippen LogP) is 2.42. The van der Waals surface area contributed by atoms with Gasteiger partial charge >= 0.3 is 0 Å². The fourth-order valence-corrected chi connectivity index (χ4v) is 2.44. The van der Waals surface area contributed by atoms with Crippen molar-refractivity contribution in [2.75, 3.05) is 17.6 Å². The molecule has 1 atom stereocenters. The van der Waals surface area contributed by atoms with Crippen molar-refractivity contribution in [2.45, 2.75) is 32.8 Å². The molecule has 20 heavy (non-hydrogen) atoms. The third-order valence-corrected chi connectivity index (χ3v) is 3.15. The lowest BCUT2D eigenvalue weighted by Crippen LogP contribution is -2.35. The number of nitrogens with zero attached hydrogens (tertiary/aromatic N) is 2. The minimum absolute atomic E-state index is 0.439. The zero-order valence-corrected chi connectivity index (χ0v) is 12.2. The Morgan fingerprint density at radius 1 is 1.35 bits per heavy atom. The van der Waals surface area contributed by atoms with Crippen molar-refractivity contribution >= 4 is 22.4 Å². The van der Waals surface area contributed by atoms with Crippen molar-refractivity contribution in [3.05, 3.63) is 24.5 Å². The van der Waals surface area contributed by atoms with E-state index in [1.165, 1.54) is 6.33 Å². The fraction of sp³-hybridized carbons (Fsp3) is 0.467. The van der Waals surface area contributed by atoms with Crippen LogP contribution in [0.4, 0.5) is 11.5 Å². The van der Waals surface area contributed by atoms with E-state index in [0.717, 1.165) is 23.1 Å². The Bertz CT molecular complexity index is 595. The molecule has 1 aromatic heterocycles. The Hall–Kier alpha value is -1.88. The second-order valence-corrected chi connectivity index (χ2v) is 5.95. The van der Waals surface area contributed by atoms with Crippen LogP contribution in [0, 0.1) is 5.92 Å². The molecule has 0 aliphatic rings. The summed E-state index contributed by atoms with van der Waals surface area (Å²) < 4.78 is 0. The Labute approximate surface area is 119 Å². The number of anilines is 2. The summed E-state index contributed by atoms with van der Waals surface area (Å²) in [5.41, 5.74) is 6.46. The molecule has 1 unspecified atom stereocenters. The summed E-state index contributed by atoms with van der Waals surface area (Å²) in [5, 5.41) is 14.5. The van der Waals surface area contributed by atoms with Crippen molar-refractivity contribution in [1.29, 1.82) is 0 Å². The number of nitrogens with two attached hydrogens (primary N) is 1. The van der Waals surface area contributed by atoms with Crippen LogP contribution in [0.5, 0.6) is 0 Å². The zero-order valence-electron chi connectivity index (χ0n) is 12.2. The van der Waals surface area contributed by atoms with Crippen molar-refractivity contribution in [3.63, 3.8) is 0 Å². The van der Waals surface area contributed by atoms with Crippen LogP contribution in [0.25, 0.3) is 10.9 Å². The number of nitrogen functional groups attached to an aromatic ring is 1. The number of benzene rings is 1. The molecular formula is C15H22N4O. The average molecular weight is 274 g/mol. The molecule has 0 aliphatic carbocycles. The van der Waals surface area contributed by atoms with Crippen LogP contribution in [0.1, 0.15) is 27.2 Å². The van der Waals surface area contributed by atoms with Crippen molar-refractivity contribution < 1.29 is 5.11 Å². The molecule has 0 amide bonds. The summed E-state index contributed by atoms with van der Waals surface area (Å²) in [5.74, 6) is 1.16. The minimum Gasteiger partial charge on any atom is -0.399 e. The highest BCUT2D eigenvalue weighted by molar-refractivity contribution is 5.90. The molecular weight excluding hydrogens is 252 g/mol. The predicted molar refractivity (Wildman–Crippen MR) is 82.5 cm³/mol. The maximum atomic E-state index is 10.3. The molecule has 1 aromatic carbocycles. The maximum absolute atomic E-state index is 10.3. The molecule has 0 spiro atoms. The number of hydrogen-bond acceptors (Lipinski definition) is 5. The highest BCUT2D eigenvalue weighted by atomic mass is 16.3.